The summed E-state index contributed by atoms with van der Waals surface area (Å²) in [6.07, 6.45) is 1.57. The summed E-state index contributed by atoms with van der Waals surface area (Å²) in [6, 6.07) is 11.7. The number of likely N-dealkylation sites (N-methyl/N-ethyl adjacent to an activating group) is 1. The highest BCUT2D eigenvalue weighted by molar-refractivity contribution is 5.94. The van der Waals surface area contributed by atoms with E-state index in [4.69, 9.17) is 0 Å². The van der Waals surface area contributed by atoms with Gasteiger partial charge < -0.3 is 19.6 Å². The molecule has 2 aliphatic rings. The molecule has 0 saturated carbocycles. The minimum Gasteiger partial charge on any atom is -0.353 e. The monoisotopic (exact) mass is 418 g/mol. The quantitative estimate of drug-likeness (QED) is 0.626. The number of carbonyl (C=O) groups excluding carboxylic acids is 1. The summed E-state index contributed by atoms with van der Waals surface area (Å²) in [4.78, 5) is 30.4. The third-order valence-corrected chi connectivity index (χ3v) is 6.02. The molecule has 0 atom stereocenters. The lowest BCUT2D eigenvalue weighted by Crippen LogP contribution is -2.49. The number of para-hydroxylation sites is 2. The van der Waals surface area contributed by atoms with Gasteiger partial charge in [0.25, 0.3) is 5.91 Å². The highest BCUT2D eigenvalue weighted by Crippen LogP contribution is 2.18. The topological polar surface area (TPSA) is 81.6 Å². The molecule has 2 saturated heterocycles. The molecule has 0 unspecified atom stereocenters. The first-order chi connectivity index (χ1) is 15.2. The number of hydrogen-bond donors (Lipinski definition) is 0. The summed E-state index contributed by atoms with van der Waals surface area (Å²) in [5.74, 6) is 1.71. The summed E-state index contributed by atoms with van der Waals surface area (Å²) in [7, 11) is 2.14. The maximum Gasteiger partial charge on any atom is 0.274 e. The van der Waals surface area contributed by atoms with E-state index in [1.165, 1.54) is 0 Å². The average Bonchev–Trinajstić information content (AvgIpc) is 2.84. The van der Waals surface area contributed by atoms with Crippen molar-refractivity contribution < 1.29 is 4.79 Å². The second-order valence-corrected chi connectivity index (χ2v) is 8.06. The highest BCUT2D eigenvalue weighted by Gasteiger charge is 2.24. The first kappa shape index (κ1) is 19.6. The molecule has 2 aliphatic heterocycles. The second-order valence-electron chi connectivity index (χ2n) is 8.06. The van der Waals surface area contributed by atoms with E-state index >= 15 is 0 Å². The van der Waals surface area contributed by atoms with Crippen LogP contribution in [0.25, 0.3) is 11.0 Å². The van der Waals surface area contributed by atoms with Crippen molar-refractivity contribution in [2.24, 2.45) is 0 Å². The Bertz CT molecular complexity index is 1060. The summed E-state index contributed by atoms with van der Waals surface area (Å²) >= 11 is 0. The van der Waals surface area contributed by atoms with E-state index in [1.807, 2.05) is 35.2 Å². The maximum absolute atomic E-state index is 12.9. The molecule has 9 heteroatoms. The molecule has 5 rings (SSSR count). The average molecular weight is 419 g/mol. The van der Waals surface area contributed by atoms with Crippen molar-refractivity contribution in [2.75, 3.05) is 69.2 Å². The van der Waals surface area contributed by atoms with Crippen LogP contribution in [0.5, 0.6) is 0 Å². The Morgan fingerprint density at radius 1 is 0.774 bits per heavy atom. The third kappa shape index (κ3) is 4.13. The van der Waals surface area contributed by atoms with Crippen LogP contribution in [0.15, 0.2) is 42.6 Å². The van der Waals surface area contributed by atoms with Crippen LogP contribution >= 0.6 is 0 Å². The van der Waals surface area contributed by atoms with Gasteiger partial charge in [-0.15, -0.1) is 10.2 Å². The number of hydrogen-bond acceptors (Lipinski definition) is 8. The number of benzene rings is 1. The van der Waals surface area contributed by atoms with Crippen molar-refractivity contribution in [1.82, 2.24) is 30.0 Å². The van der Waals surface area contributed by atoms with E-state index in [9.17, 15) is 4.79 Å². The van der Waals surface area contributed by atoms with Gasteiger partial charge in [-0.1, -0.05) is 12.1 Å². The van der Waals surface area contributed by atoms with Crippen LogP contribution in [-0.4, -0.2) is 95.3 Å². The number of anilines is 2. The summed E-state index contributed by atoms with van der Waals surface area (Å²) in [5.41, 5.74) is 1.92. The second kappa shape index (κ2) is 8.43. The van der Waals surface area contributed by atoms with Crippen molar-refractivity contribution in [3.05, 3.63) is 48.3 Å². The Morgan fingerprint density at radius 2 is 1.35 bits per heavy atom. The molecule has 3 aromatic rings. The molecule has 0 N–H and O–H groups in total. The van der Waals surface area contributed by atoms with Gasteiger partial charge in [0.05, 0.1) is 17.2 Å². The maximum atomic E-state index is 12.9. The molecule has 31 heavy (non-hydrogen) atoms. The molecule has 0 radical (unpaired) electrons. The van der Waals surface area contributed by atoms with E-state index in [0.29, 0.717) is 18.8 Å². The lowest BCUT2D eigenvalue weighted by Gasteiger charge is -2.35. The number of carbonyl (C=O) groups is 1. The number of nitrogens with zero attached hydrogens (tertiary/aromatic N) is 8. The Kier molecular flexibility index (Phi) is 5.33. The van der Waals surface area contributed by atoms with Gasteiger partial charge in [0.2, 0.25) is 0 Å². The van der Waals surface area contributed by atoms with Gasteiger partial charge in [0.15, 0.2) is 11.6 Å². The SMILES string of the molecule is CN1CCN(c2ccc(N3CCN(C(=O)c4cnc5ccccc5n4)CC3)nn2)CC1. The standard InChI is InChI=1S/C22H26N8O/c1-27-8-10-28(11-9-27)20-6-7-21(26-25-20)29-12-14-30(15-13-29)22(31)19-16-23-17-4-2-3-5-18(17)24-19/h2-7,16H,8-15H2,1H3. The van der Waals surface area contributed by atoms with Crippen LogP contribution in [0, 0.1) is 0 Å². The van der Waals surface area contributed by atoms with Crippen LogP contribution < -0.4 is 9.80 Å². The minimum atomic E-state index is -0.0746. The van der Waals surface area contributed by atoms with E-state index in [1.54, 1.807) is 6.20 Å². The molecule has 9 nitrogen and oxygen atoms in total. The lowest BCUT2D eigenvalue weighted by atomic mass is 10.2. The predicted molar refractivity (Wildman–Crippen MR) is 119 cm³/mol. The zero-order valence-electron chi connectivity index (χ0n) is 17.7. The molecule has 4 heterocycles. The summed E-state index contributed by atoms with van der Waals surface area (Å²) < 4.78 is 0. The normalized spacial score (nSPS) is 17.9. The Balaban J connectivity index is 1.20. The number of rotatable bonds is 3. The van der Waals surface area contributed by atoms with E-state index in [2.05, 4.69) is 48.0 Å². The fourth-order valence-corrected chi connectivity index (χ4v) is 4.05. The van der Waals surface area contributed by atoms with Gasteiger partial charge in [-0.2, -0.15) is 0 Å². The number of amides is 1. The van der Waals surface area contributed by atoms with Crippen LogP contribution in [0.4, 0.5) is 11.6 Å². The molecule has 0 aliphatic carbocycles. The lowest BCUT2D eigenvalue weighted by molar-refractivity contribution is 0.0740. The number of piperazine rings is 2. The van der Waals surface area contributed by atoms with Crippen molar-refractivity contribution in [3.8, 4) is 0 Å². The van der Waals surface area contributed by atoms with Gasteiger partial charge in [-0.3, -0.25) is 9.78 Å². The highest BCUT2D eigenvalue weighted by atomic mass is 16.2. The van der Waals surface area contributed by atoms with Crippen molar-refractivity contribution >= 4 is 28.6 Å². The van der Waals surface area contributed by atoms with Gasteiger partial charge in [0.1, 0.15) is 5.69 Å². The molecule has 0 spiro atoms. The fraction of sp³-hybridized carbons (Fsp3) is 0.409. The molecule has 2 aromatic heterocycles. The van der Waals surface area contributed by atoms with Crippen LogP contribution in [0.1, 0.15) is 10.5 Å². The Labute approximate surface area is 181 Å². The fourth-order valence-electron chi connectivity index (χ4n) is 4.05. The van der Waals surface area contributed by atoms with Gasteiger partial charge >= 0.3 is 0 Å². The summed E-state index contributed by atoms with van der Waals surface area (Å²) in [6.45, 7) is 6.71. The smallest absolute Gasteiger partial charge is 0.274 e. The molecule has 160 valence electrons. The van der Waals surface area contributed by atoms with Crippen LogP contribution in [0.2, 0.25) is 0 Å². The predicted octanol–water partition coefficient (Wildman–Crippen LogP) is 1.13. The van der Waals surface area contributed by atoms with Gasteiger partial charge in [-0.25, -0.2) is 4.98 Å². The van der Waals surface area contributed by atoms with Crippen molar-refractivity contribution in [1.29, 1.82) is 0 Å². The zero-order chi connectivity index (χ0) is 21.2. The summed E-state index contributed by atoms with van der Waals surface area (Å²) in [5, 5.41) is 8.90. The van der Waals surface area contributed by atoms with Crippen LogP contribution in [-0.2, 0) is 0 Å². The van der Waals surface area contributed by atoms with E-state index in [-0.39, 0.29) is 5.91 Å². The first-order valence-electron chi connectivity index (χ1n) is 10.7. The Morgan fingerprint density at radius 3 is 1.97 bits per heavy atom. The van der Waals surface area contributed by atoms with Crippen molar-refractivity contribution in [2.45, 2.75) is 0 Å². The molecule has 1 amide bonds. The first-order valence-corrected chi connectivity index (χ1v) is 10.7. The van der Waals surface area contributed by atoms with Gasteiger partial charge in [-0.05, 0) is 31.3 Å². The third-order valence-electron chi connectivity index (χ3n) is 6.02. The number of aromatic nitrogens is 4. The van der Waals surface area contributed by atoms with Gasteiger partial charge in [0, 0.05) is 52.4 Å². The molecule has 0 bridgehead atoms. The molecular formula is C22H26N8O. The zero-order valence-corrected chi connectivity index (χ0v) is 17.7. The van der Waals surface area contributed by atoms with E-state index in [0.717, 1.165) is 61.9 Å². The van der Waals surface area contributed by atoms with Crippen molar-refractivity contribution in [3.63, 3.8) is 0 Å². The molecular weight excluding hydrogens is 392 g/mol. The van der Waals surface area contributed by atoms with E-state index < -0.39 is 0 Å². The largest absolute Gasteiger partial charge is 0.353 e. The number of fused-ring (bicyclic) bond motifs is 1. The minimum absolute atomic E-state index is 0.0746. The molecule has 1 aromatic carbocycles. The molecule has 2 fully saturated rings. The Hall–Kier alpha value is -3.33. The van der Waals surface area contributed by atoms with Crippen LogP contribution in [0.3, 0.4) is 0 Å².